The van der Waals surface area contributed by atoms with Crippen LogP contribution in [0.2, 0.25) is 0 Å². The second kappa shape index (κ2) is 5.24. The van der Waals surface area contributed by atoms with E-state index in [1.807, 2.05) is 25.1 Å². The molecular weight excluding hydrogens is 356 g/mol. The third-order valence-corrected chi connectivity index (χ3v) is 5.12. The average Bonchev–Trinajstić information content (AvgIpc) is 2.98. The molecule has 0 spiro atoms. The van der Waals surface area contributed by atoms with Gasteiger partial charge in [-0.15, -0.1) is 0 Å². The molecule has 4 heteroatoms. The quantitative estimate of drug-likeness (QED) is 0.579. The van der Waals surface area contributed by atoms with Crippen LogP contribution >= 0.6 is 15.9 Å². The molecule has 4 rings (SSSR count). The Balaban J connectivity index is 2.21. The zero-order chi connectivity index (χ0) is 16.1. The predicted octanol–water partition coefficient (Wildman–Crippen LogP) is 4.77. The third-order valence-electron chi connectivity index (χ3n) is 4.43. The Bertz CT molecular complexity index is 1000. The fraction of sp³-hybridized carbons (Fsp3) is 0.211. The number of halogens is 1. The fourth-order valence-electron chi connectivity index (χ4n) is 3.47. The molecule has 23 heavy (non-hydrogen) atoms. The largest absolute Gasteiger partial charge is 0.492 e. The van der Waals surface area contributed by atoms with Gasteiger partial charge in [0.2, 0.25) is 0 Å². The molecule has 0 radical (unpaired) electrons. The van der Waals surface area contributed by atoms with Crippen molar-refractivity contribution in [1.82, 2.24) is 0 Å². The summed E-state index contributed by atoms with van der Waals surface area (Å²) in [5.74, 6) is 0.843. The Hall–Kier alpha value is -2.07. The molecule has 116 valence electrons. The lowest BCUT2D eigenvalue weighted by atomic mass is 9.91. The van der Waals surface area contributed by atoms with E-state index >= 15 is 0 Å². The highest BCUT2D eigenvalue weighted by Crippen LogP contribution is 2.46. The first-order chi connectivity index (χ1) is 11.1. The molecule has 2 heterocycles. The lowest BCUT2D eigenvalue weighted by Crippen LogP contribution is -2.02. The van der Waals surface area contributed by atoms with Crippen LogP contribution in [0.1, 0.15) is 16.7 Å². The van der Waals surface area contributed by atoms with Gasteiger partial charge < -0.3 is 9.15 Å². The van der Waals surface area contributed by atoms with Gasteiger partial charge in [-0.25, -0.2) is 4.79 Å². The molecule has 0 bridgehead atoms. The normalized spacial score (nSPS) is 13.2. The highest BCUT2D eigenvalue weighted by molar-refractivity contribution is 9.10. The minimum atomic E-state index is -0.308. The van der Waals surface area contributed by atoms with Crippen LogP contribution in [0.15, 0.2) is 44.0 Å². The van der Waals surface area contributed by atoms with E-state index in [0.717, 1.165) is 49.8 Å². The number of hydrogen-bond donors (Lipinski definition) is 0. The number of hydrogen-bond acceptors (Lipinski definition) is 3. The Kier molecular flexibility index (Phi) is 3.31. The maximum Gasteiger partial charge on any atom is 0.336 e. The van der Waals surface area contributed by atoms with Crippen molar-refractivity contribution in [2.75, 3.05) is 6.61 Å². The third kappa shape index (κ3) is 2.12. The highest BCUT2D eigenvalue weighted by Gasteiger charge is 2.27. The maximum atomic E-state index is 11.8. The molecule has 2 aromatic carbocycles. The lowest BCUT2D eigenvalue weighted by molar-refractivity contribution is 0.358. The molecule has 1 aliphatic heterocycles. The summed E-state index contributed by atoms with van der Waals surface area (Å²) in [5, 5.41) is 1.01. The minimum Gasteiger partial charge on any atom is -0.492 e. The molecule has 0 atom stereocenters. The van der Waals surface area contributed by atoms with Crippen LogP contribution in [0.3, 0.4) is 0 Å². The van der Waals surface area contributed by atoms with E-state index < -0.39 is 0 Å². The number of aryl methyl sites for hydroxylation is 2. The van der Waals surface area contributed by atoms with Gasteiger partial charge in [-0.2, -0.15) is 0 Å². The fourth-order valence-corrected chi connectivity index (χ4v) is 3.95. The number of ether oxygens (including phenoxy) is 1. The van der Waals surface area contributed by atoms with E-state index in [2.05, 4.69) is 28.9 Å². The van der Waals surface area contributed by atoms with E-state index in [9.17, 15) is 4.79 Å². The first kappa shape index (κ1) is 14.5. The molecule has 0 saturated heterocycles. The second-order valence-corrected chi connectivity index (χ2v) is 6.69. The molecule has 3 aromatic rings. The van der Waals surface area contributed by atoms with Gasteiger partial charge in [-0.05, 0) is 36.6 Å². The van der Waals surface area contributed by atoms with Crippen LogP contribution in [0.5, 0.6) is 5.75 Å². The van der Waals surface area contributed by atoms with Crippen LogP contribution in [-0.2, 0) is 6.42 Å². The van der Waals surface area contributed by atoms with E-state index in [4.69, 9.17) is 9.15 Å². The highest BCUT2D eigenvalue weighted by atomic mass is 79.9. The van der Waals surface area contributed by atoms with E-state index in [0.29, 0.717) is 12.2 Å². The van der Waals surface area contributed by atoms with Gasteiger partial charge in [0, 0.05) is 33.5 Å². The van der Waals surface area contributed by atoms with Gasteiger partial charge in [0.25, 0.3) is 0 Å². The SMILES string of the molecule is Cc1cc(=O)oc2c3c(c(-c4ccccc4Br)c(C)c12)OCC3. The maximum absolute atomic E-state index is 11.8. The first-order valence-electron chi connectivity index (χ1n) is 7.55. The zero-order valence-electron chi connectivity index (χ0n) is 12.9. The van der Waals surface area contributed by atoms with Gasteiger partial charge >= 0.3 is 5.63 Å². The zero-order valence-corrected chi connectivity index (χ0v) is 14.5. The summed E-state index contributed by atoms with van der Waals surface area (Å²) in [6.45, 7) is 4.63. The smallest absolute Gasteiger partial charge is 0.336 e. The van der Waals surface area contributed by atoms with Gasteiger partial charge in [-0.1, -0.05) is 34.1 Å². The summed E-state index contributed by atoms with van der Waals surface area (Å²) >= 11 is 3.64. The van der Waals surface area contributed by atoms with E-state index in [1.165, 1.54) is 0 Å². The van der Waals surface area contributed by atoms with Crippen molar-refractivity contribution in [3.63, 3.8) is 0 Å². The molecule has 0 fully saturated rings. The standard InChI is InChI=1S/C19H15BrO3/c1-10-9-15(21)23-19-13-7-8-22-18(13)17(11(2)16(10)19)12-5-3-4-6-14(12)20/h3-6,9H,7-8H2,1-2H3. The molecule has 1 aromatic heterocycles. The van der Waals surface area contributed by atoms with Crippen LogP contribution in [0.4, 0.5) is 0 Å². The molecule has 3 nitrogen and oxygen atoms in total. The van der Waals surface area contributed by atoms with Crippen molar-refractivity contribution in [3.05, 3.63) is 61.9 Å². The van der Waals surface area contributed by atoms with Gasteiger partial charge in [0.05, 0.1) is 6.61 Å². The van der Waals surface area contributed by atoms with Crippen molar-refractivity contribution in [2.45, 2.75) is 20.3 Å². The molecule has 0 saturated carbocycles. The van der Waals surface area contributed by atoms with Crippen LogP contribution < -0.4 is 10.4 Å². The Morgan fingerprint density at radius 3 is 2.74 bits per heavy atom. The van der Waals surface area contributed by atoms with Gasteiger partial charge in [-0.3, -0.25) is 0 Å². The average molecular weight is 371 g/mol. The summed E-state index contributed by atoms with van der Waals surface area (Å²) in [6.07, 6.45) is 0.760. The number of fused-ring (bicyclic) bond motifs is 3. The van der Waals surface area contributed by atoms with Gasteiger partial charge in [0.15, 0.2) is 0 Å². The minimum absolute atomic E-state index is 0.308. The van der Waals surface area contributed by atoms with Crippen LogP contribution in [-0.4, -0.2) is 6.61 Å². The summed E-state index contributed by atoms with van der Waals surface area (Å²) in [5.41, 5.74) is 5.56. The molecular formula is C19H15BrO3. The summed E-state index contributed by atoms with van der Waals surface area (Å²) in [4.78, 5) is 11.8. The molecule has 1 aliphatic rings. The summed E-state index contributed by atoms with van der Waals surface area (Å²) < 4.78 is 12.5. The monoisotopic (exact) mass is 370 g/mol. The topological polar surface area (TPSA) is 39.4 Å². The predicted molar refractivity (Wildman–Crippen MR) is 94.3 cm³/mol. The number of benzene rings is 2. The first-order valence-corrected chi connectivity index (χ1v) is 8.35. The van der Waals surface area contributed by atoms with E-state index in [1.54, 1.807) is 6.07 Å². The summed E-state index contributed by atoms with van der Waals surface area (Å²) in [7, 11) is 0. The summed E-state index contributed by atoms with van der Waals surface area (Å²) in [6, 6.07) is 9.67. The Morgan fingerprint density at radius 2 is 1.96 bits per heavy atom. The molecule has 0 N–H and O–H groups in total. The van der Waals surface area contributed by atoms with E-state index in [-0.39, 0.29) is 5.63 Å². The molecule has 0 aliphatic carbocycles. The van der Waals surface area contributed by atoms with Crippen molar-refractivity contribution < 1.29 is 9.15 Å². The van der Waals surface area contributed by atoms with Crippen molar-refractivity contribution >= 4 is 26.9 Å². The molecule has 0 amide bonds. The van der Waals surface area contributed by atoms with Crippen molar-refractivity contribution in [1.29, 1.82) is 0 Å². The van der Waals surface area contributed by atoms with Crippen molar-refractivity contribution in [3.8, 4) is 16.9 Å². The molecule has 0 unspecified atom stereocenters. The van der Waals surface area contributed by atoms with Crippen LogP contribution in [0, 0.1) is 13.8 Å². The Labute approximate surface area is 142 Å². The van der Waals surface area contributed by atoms with Crippen molar-refractivity contribution in [2.24, 2.45) is 0 Å². The second-order valence-electron chi connectivity index (χ2n) is 5.84. The van der Waals surface area contributed by atoms with Crippen LogP contribution in [0.25, 0.3) is 22.1 Å². The van der Waals surface area contributed by atoms with Gasteiger partial charge in [0.1, 0.15) is 11.3 Å². The lowest BCUT2D eigenvalue weighted by Gasteiger charge is -2.17. The Morgan fingerprint density at radius 1 is 1.17 bits per heavy atom. The number of rotatable bonds is 1.